The lowest BCUT2D eigenvalue weighted by atomic mass is 9.97. The average Bonchev–Trinajstić information content (AvgIpc) is 3.58. The first-order valence-corrected chi connectivity index (χ1v) is 12.5. The number of aromatic nitrogens is 3. The smallest absolute Gasteiger partial charge is 0.260 e. The molecule has 1 amide bonds. The van der Waals surface area contributed by atoms with Crippen LogP contribution in [0.25, 0.3) is 0 Å². The number of likely N-dealkylation sites (tertiary alicyclic amines) is 1. The molecule has 0 N–H and O–H groups in total. The van der Waals surface area contributed by atoms with Crippen LogP contribution in [-0.4, -0.2) is 58.3 Å². The maximum atomic E-state index is 12.6. The van der Waals surface area contributed by atoms with Crippen LogP contribution in [0.3, 0.4) is 0 Å². The van der Waals surface area contributed by atoms with E-state index >= 15 is 0 Å². The number of carbonyl (C=O) groups excluding carboxylic acids is 1. The molecular weight excluding hydrogens is 490 g/mol. The molecule has 1 atom stereocenters. The molecule has 4 heterocycles. The first-order chi connectivity index (χ1) is 17.1. The summed E-state index contributed by atoms with van der Waals surface area (Å²) in [4.78, 5) is 32.8. The fraction of sp³-hybridized carbons (Fsp3) is 0.375. The molecule has 181 valence electrons. The highest BCUT2D eigenvalue weighted by Crippen LogP contribution is 2.35. The van der Waals surface area contributed by atoms with Crippen LogP contribution >= 0.6 is 22.9 Å². The van der Waals surface area contributed by atoms with Crippen LogP contribution in [0, 0.1) is 6.07 Å². The second-order valence-electron chi connectivity index (χ2n) is 8.18. The van der Waals surface area contributed by atoms with Crippen molar-refractivity contribution in [1.29, 1.82) is 0 Å². The zero-order valence-corrected chi connectivity index (χ0v) is 20.6. The Bertz CT molecular complexity index is 1230. The van der Waals surface area contributed by atoms with Crippen LogP contribution in [0.15, 0.2) is 41.1 Å². The standard InChI is InChI=1S/C24H23ClN5O4S/c1-32-21-11-22(27-14-26-21)33-12-23(31)30-8-6-15(7-9-30)24-28-19(13-35-24)18-10-20(34-29-18)16-4-2-3-5-17(16)25/h2-3,5,11,13-15,20H,6-10,12H2,1H3. The van der Waals surface area contributed by atoms with Crippen molar-refractivity contribution in [2.75, 3.05) is 26.8 Å². The van der Waals surface area contributed by atoms with Crippen molar-refractivity contribution in [3.63, 3.8) is 0 Å². The van der Waals surface area contributed by atoms with E-state index in [1.165, 1.54) is 13.4 Å². The molecule has 11 heteroatoms. The van der Waals surface area contributed by atoms with Crippen LogP contribution in [0.2, 0.25) is 5.02 Å². The number of methoxy groups -OCH3 is 1. The Morgan fingerprint density at radius 3 is 2.94 bits per heavy atom. The number of ether oxygens (including phenoxy) is 2. The Hall–Kier alpha value is -3.24. The van der Waals surface area contributed by atoms with E-state index in [9.17, 15) is 4.79 Å². The molecule has 0 bridgehead atoms. The molecule has 2 aliphatic rings. The third-order valence-electron chi connectivity index (χ3n) is 6.01. The minimum absolute atomic E-state index is 0.0688. The molecule has 1 radical (unpaired) electrons. The number of amides is 1. The highest BCUT2D eigenvalue weighted by molar-refractivity contribution is 7.10. The third-order valence-corrected chi connectivity index (χ3v) is 7.35. The maximum Gasteiger partial charge on any atom is 0.260 e. The predicted molar refractivity (Wildman–Crippen MR) is 130 cm³/mol. The summed E-state index contributed by atoms with van der Waals surface area (Å²) in [6, 6.07) is 10.2. The van der Waals surface area contributed by atoms with Gasteiger partial charge in [-0.05, 0) is 25.0 Å². The van der Waals surface area contributed by atoms with Gasteiger partial charge in [-0.25, -0.2) is 15.0 Å². The molecule has 35 heavy (non-hydrogen) atoms. The van der Waals surface area contributed by atoms with Gasteiger partial charge >= 0.3 is 0 Å². The Labute approximate surface area is 211 Å². The number of hydrogen-bond donors (Lipinski definition) is 0. The van der Waals surface area contributed by atoms with Gasteiger partial charge in [0.05, 0.1) is 23.9 Å². The van der Waals surface area contributed by atoms with Gasteiger partial charge in [-0.1, -0.05) is 28.9 Å². The topological polar surface area (TPSA) is 99.0 Å². The molecular formula is C24H23ClN5O4S. The molecule has 0 spiro atoms. The van der Waals surface area contributed by atoms with Gasteiger partial charge in [-0.3, -0.25) is 4.79 Å². The largest absolute Gasteiger partial charge is 0.481 e. The maximum absolute atomic E-state index is 12.6. The molecule has 1 unspecified atom stereocenters. The minimum atomic E-state index is -0.247. The van der Waals surface area contributed by atoms with Gasteiger partial charge in [0.25, 0.3) is 5.91 Å². The summed E-state index contributed by atoms with van der Waals surface area (Å²) >= 11 is 7.91. The van der Waals surface area contributed by atoms with Gasteiger partial charge in [-0.15, -0.1) is 11.3 Å². The second-order valence-corrected chi connectivity index (χ2v) is 9.48. The number of hydrogen-bond acceptors (Lipinski definition) is 9. The van der Waals surface area contributed by atoms with Crippen LogP contribution in [0.4, 0.5) is 0 Å². The fourth-order valence-corrected chi connectivity index (χ4v) is 5.33. The summed E-state index contributed by atoms with van der Waals surface area (Å²) in [5.74, 6) is 0.934. The van der Waals surface area contributed by atoms with Crippen molar-refractivity contribution < 1.29 is 19.1 Å². The van der Waals surface area contributed by atoms with Crippen LogP contribution in [0.1, 0.15) is 47.5 Å². The monoisotopic (exact) mass is 512 g/mol. The number of rotatable bonds is 7. The minimum Gasteiger partial charge on any atom is -0.481 e. The summed E-state index contributed by atoms with van der Waals surface area (Å²) in [7, 11) is 1.51. The highest BCUT2D eigenvalue weighted by atomic mass is 35.5. The van der Waals surface area contributed by atoms with E-state index in [2.05, 4.69) is 21.2 Å². The van der Waals surface area contributed by atoms with Gasteiger partial charge in [0.15, 0.2) is 12.7 Å². The van der Waals surface area contributed by atoms with Crippen LogP contribution in [-0.2, 0) is 9.63 Å². The van der Waals surface area contributed by atoms with E-state index in [1.807, 2.05) is 28.5 Å². The number of thiazole rings is 1. The third kappa shape index (κ3) is 5.38. The molecule has 1 fully saturated rings. The average molecular weight is 513 g/mol. The van der Waals surface area contributed by atoms with E-state index in [0.29, 0.717) is 42.2 Å². The number of benzene rings is 1. The Morgan fingerprint density at radius 1 is 1.31 bits per heavy atom. The van der Waals surface area contributed by atoms with Crippen molar-refractivity contribution in [2.24, 2.45) is 5.16 Å². The van der Waals surface area contributed by atoms with Crippen molar-refractivity contribution in [3.8, 4) is 11.8 Å². The predicted octanol–water partition coefficient (Wildman–Crippen LogP) is 4.05. The molecule has 1 aromatic carbocycles. The van der Waals surface area contributed by atoms with Gasteiger partial charge < -0.3 is 19.2 Å². The second kappa shape index (κ2) is 10.6. The van der Waals surface area contributed by atoms with E-state index in [4.69, 9.17) is 30.9 Å². The van der Waals surface area contributed by atoms with Crippen LogP contribution < -0.4 is 9.47 Å². The summed E-state index contributed by atoms with van der Waals surface area (Å²) < 4.78 is 10.6. The summed E-state index contributed by atoms with van der Waals surface area (Å²) in [5, 5.41) is 7.96. The molecule has 0 aliphatic carbocycles. The number of nitrogens with zero attached hydrogens (tertiary/aromatic N) is 5. The Balaban J connectivity index is 1.12. The zero-order chi connectivity index (χ0) is 24.2. The molecule has 2 aromatic heterocycles. The van der Waals surface area contributed by atoms with Crippen molar-refractivity contribution in [2.45, 2.75) is 31.3 Å². The lowest BCUT2D eigenvalue weighted by Gasteiger charge is -2.31. The van der Waals surface area contributed by atoms with E-state index in [1.54, 1.807) is 17.4 Å². The van der Waals surface area contributed by atoms with Crippen molar-refractivity contribution in [1.82, 2.24) is 19.9 Å². The van der Waals surface area contributed by atoms with Gasteiger partial charge in [0.1, 0.15) is 12.0 Å². The quantitative estimate of drug-likeness (QED) is 0.471. The molecule has 2 aliphatic heterocycles. The lowest BCUT2D eigenvalue weighted by molar-refractivity contribution is -0.134. The van der Waals surface area contributed by atoms with Gasteiger partial charge in [0.2, 0.25) is 11.8 Å². The number of halogens is 1. The zero-order valence-electron chi connectivity index (χ0n) is 19.0. The van der Waals surface area contributed by atoms with Crippen molar-refractivity contribution in [3.05, 3.63) is 63.3 Å². The van der Waals surface area contributed by atoms with E-state index < -0.39 is 0 Å². The summed E-state index contributed by atoms with van der Waals surface area (Å²) in [5.41, 5.74) is 2.46. The van der Waals surface area contributed by atoms with Crippen molar-refractivity contribution >= 4 is 34.6 Å². The molecule has 1 saturated heterocycles. The van der Waals surface area contributed by atoms with Crippen LogP contribution in [0.5, 0.6) is 11.8 Å². The summed E-state index contributed by atoms with van der Waals surface area (Å²) in [6.07, 6.45) is 3.39. The Kier molecular flexibility index (Phi) is 7.10. The molecule has 5 rings (SSSR count). The Morgan fingerprint density at radius 2 is 2.14 bits per heavy atom. The SMILES string of the molecule is COc1cc(OCC(=O)N2CCC(c3nc(C4=NOC(c5[c]cccc5Cl)C4)cs3)CC2)ncn1. The number of oxime groups is 1. The molecule has 0 saturated carbocycles. The first-order valence-electron chi connectivity index (χ1n) is 11.2. The lowest BCUT2D eigenvalue weighted by Crippen LogP contribution is -2.40. The number of piperidine rings is 1. The molecule has 9 nitrogen and oxygen atoms in total. The highest BCUT2D eigenvalue weighted by Gasteiger charge is 2.29. The van der Waals surface area contributed by atoms with Gasteiger partial charge in [-0.2, -0.15) is 0 Å². The first kappa shape index (κ1) is 23.5. The normalized spacial score (nSPS) is 18.2. The van der Waals surface area contributed by atoms with E-state index in [-0.39, 0.29) is 18.6 Å². The molecule has 3 aromatic rings. The number of carbonyl (C=O) groups is 1. The van der Waals surface area contributed by atoms with Gasteiger partial charge in [0, 0.05) is 41.4 Å². The van der Waals surface area contributed by atoms with E-state index in [0.717, 1.165) is 34.8 Å². The fourth-order valence-electron chi connectivity index (χ4n) is 4.08. The summed E-state index contributed by atoms with van der Waals surface area (Å²) in [6.45, 7) is 1.24.